The molecular formula is C16H20F3NO3S. The minimum atomic E-state index is -4.49. The summed E-state index contributed by atoms with van der Waals surface area (Å²) in [6, 6.07) is 3.52. The van der Waals surface area contributed by atoms with Crippen LogP contribution in [0, 0.1) is 11.8 Å². The molecule has 0 aliphatic heterocycles. The summed E-state index contributed by atoms with van der Waals surface area (Å²) in [6.45, 7) is 0.301. The number of halogens is 3. The van der Waals surface area contributed by atoms with Crippen LogP contribution in [0.3, 0.4) is 0 Å². The van der Waals surface area contributed by atoms with E-state index in [0.717, 1.165) is 56.2 Å². The number of hydrogen-bond donors (Lipinski definition) is 0. The van der Waals surface area contributed by atoms with Crippen LogP contribution in [0.15, 0.2) is 29.2 Å². The predicted molar refractivity (Wildman–Crippen MR) is 82.8 cm³/mol. The Labute approximate surface area is 139 Å². The molecule has 2 rings (SSSR count). The lowest BCUT2D eigenvalue weighted by Gasteiger charge is -2.29. The van der Waals surface area contributed by atoms with E-state index in [-0.39, 0.29) is 16.7 Å². The molecule has 0 atom stereocenters. The third-order valence-electron chi connectivity index (χ3n) is 4.49. The molecular weight excluding hydrogens is 343 g/mol. The van der Waals surface area contributed by atoms with E-state index in [2.05, 4.69) is 0 Å². The molecule has 0 heterocycles. The molecule has 1 aliphatic carbocycles. The average Bonchev–Trinajstić information content (AvgIpc) is 2.54. The van der Waals surface area contributed by atoms with Crippen molar-refractivity contribution in [2.24, 2.45) is 11.8 Å². The second-order valence-electron chi connectivity index (χ2n) is 6.22. The topological polar surface area (TPSA) is 54.5 Å². The Kier molecular flexibility index (Phi) is 5.70. The summed E-state index contributed by atoms with van der Waals surface area (Å²) in [5.41, 5.74) is -0.878. The maximum absolute atomic E-state index is 12.6. The molecule has 134 valence electrons. The SMILES string of the molecule is CN(CC1CCC(C=O)CC1)S(=O)(=O)c1ccc(C(F)(F)F)cc1. The maximum Gasteiger partial charge on any atom is 0.416 e. The van der Waals surface area contributed by atoms with Gasteiger partial charge in [0.25, 0.3) is 0 Å². The van der Waals surface area contributed by atoms with Gasteiger partial charge in [0.05, 0.1) is 10.5 Å². The highest BCUT2D eigenvalue weighted by molar-refractivity contribution is 7.89. The van der Waals surface area contributed by atoms with Crippen LogP contribution in [0.5, 0.6) is 0 Å². The molecule has 1 fully saturated rings. The Hall–Kier alpha value is -1.41. The summed E-state index contributed by atoms with van der Waals surface area (Å²) in [6.07, 6.45) is -0.498. The minimum absolute atomic E-state index is 0.0538. The summed E-state index contributed by atoms with van der Waals surface area (Å²) in [7, 11) is -2.39. The summed E-state index contributed by atoms with van der Waals surface area (Å²) < 4.78 is 63.8. The smallest absolute Gasteiger partial charge is 0.303 e. The Morgan fingerprint density at radius 3 is 2.12 bits per heavy atom. The minimum Gasteiger partial charge on any atom is -0.303 e. The van der Waals surface area contributed by atoms with Gasteiger partial charge in [0.15, 0.2) is 0 Å². The molecule has 0 spiro atoms. The molecule has 1 aromatic rings. The van der Waals surface area contributed by atoms with E-state index in [4.69, 9.17) is 0 Å². The normalized spacial score (nSPS) is 22.5. The van der Waals surface area contributed by atoms with Crippen LogP contribution in [0.25, 0.3) is 0 Å². The van der Waals surface area contributed by atoms with Gasteiger partial charge >= 0.3 is 6.18 Å². The summed E-state index contributed by atoms with van der Waals surface area (Å²) in [5.74, 6) is 0.216. The highest BCUT2D eigenvalue weighted by atomic mass is 32.2. The number of rotatable bonds is 5. The Bertz CT molecular complexity index is 663. The van der Waals surface area contributed by atoms with Crippen molar-refractivity contribution in [1.82, 2.24) is 4.31 Å². The van der Waals surface area contributed by atoms with E-state index in [1.54, 1.807) is 0 Å². The van der Waals surface area contributed by atoms with Gasteiger partial charge in [-0.05, 0) is 55.9 Å². The van der Waals surface area contributed by atoms with Crippen molar-refractivity contribution < 1.29 is 26.4 Å². The van der Waals surface area contributed by atoms with Crippen molar-refractivity contribution in [2.75, 3.05) is 13.6 Å². The number of sulfonamides is 1. The monoisotopic (exact) mass is 363 g/mol. The lowest BCUT2D eigenvalue weighted by molar-refractivity contribution is -0.137. The van der Waals surface area contributed by atoms with E-state index in [1.165, 1.54) is 11.4 Å². The first kappa shape index (κ1) is 18.9. The molecule has 0 aromatic heterocycles. The summed E-state index contributed by atoms with van der Waals surface area (Å²) in [4.78, 5) is 10.6. The van der Waals surface area contributed by atoms with Gasteiger partial charge in [0.2, 0.25) is 10.0 Å². The lowest BCUT2D eigenvalue weighted by Crippen LogP contribution is -2.33. The predicted octanol–water partition coefficient (Wildman–Crippen LogP) is 3.33. The highest BCUT2D eigenvalue weighted by Gasteiger charge is 2.31. The zero-order valence-corrected chi connectivity index (χ0v) is 14.1. The quantitative estimate of drug-likeness (QED) is 0.754. The zero-order chi connectivity index (χ0) is 18.0. The van der Waals surface area contributed by atoms with Crippen LogP contribution in [-0.2, 0) is 21.0 Å². The Morgan fingerprint density at radius 1 is 1.12 bits per heavy atom. The van der Waals surface area contributed by atoms with Gasteiger partial charge in [-0.25, -0.2) is 12.7 Å². The molecule has 1 saturated carbocycles. The fourth-order valence-corrected chi connectivity index (χ4v) is 4.21. The van der Waals surface area contributed by atoms with Gasteiger partial charge in [0, 0.05) is 19.5 Å². The Balaban J connectivity index is 2.05. The number of benzene rings is 1. The largest absolute Gasteiger partial charge is 0.416 e. The number of carbonyl (C=O) groups is 1. The number of carbonyl (C=O) groups excluding carboxylic acids is 1. The molecule has 1 aliphatic rings. The second-order valence-corrected chi connectivity index (χ2v) is 8.27. The molecule has 4 nitrogen and oxygen atoms in total. The first-order valence-electron chi connectivity index (χ1n) is 7.73. The fraction of sp³-hybridized carbons (Fsp3) is 0.562. The maximum atomic E-state index is 12.6. The van der Waals surface area contributed by atoms with Gasteiger partial charge in [-0.2, -0.15) is 13.2 Å². The van der Waals surface area contributed by atoms with E-state index >= 15 is 0 Å². The third-order valence-corrected chi connectivity index (χ3v) is 6.33. The fourth-order valence-electron chi connectivity index (χ4n) is 2.96. The molecule has 24 heavy (non-hydrogen) atoms. The molecule has 1 aromatic carbocycles. The van der Waals surface area contributed by atoms with Gasteiger partial charge < -0.3 is 4.79 Å². The first-order chi connectivity index (χ1) is 11.1. The zero-order valence-electron chi connectivity index (χ0n) is 13.3. The van der Waals surface area contributed by atoms with Crippen LogP contribution in [0.2, 0.25) is 0 Å². The highest BCUT2D eigenvalue weighted by Crippen LogP contribution is 2.31. The van der Waals surface area contributed by atoms with E-state index in [1.807, 2.05) is 0 Å². The van der Waals surface area contributed by atoms with Crippen LogP contribution in [0.4, 0.5) is 13.2 Å². The average molecular weight is 363 g/mol. The van der Waals surface area contributed by atoms with Gasteiger partial charge in [0.1, 0.15) is 6.29 Å². The Morgan fingerprint density at radius 2 is 1.67 bits per heavy atom. The van der Waals surface area contributed by atoms with Crippen molar-refractivity contribution in [3.05, 3.63) is 29.8 Å². The number of hydrogen-bond acceptors (Lipinski definition) is 3. The summed E-state index contributed by atoms with van der Waals surface area (Å²) >= 11 is 0. The molecule has 0 unspecified atom stereocenters. The standard InChI is InChI=1S/C16H20F3NO3S/c1-20(10-12-2-4-13(11-21)5-3-12)24(22,23)15-8-6-14(7-9-15)16(17,18)19/h6-9,11-13H,2-5,10H2,1H3. The van der Waals surface area contributed by atoms with Crippen LogP contribution >= 0.6 is 0 Å². The molecule has 0 radical (unpaired) electrons. The number of alkyl halides is 3. The van der Waals surface area contributed by atoms with Crippen molar-refractivity contribution in [2.45, 2.75) is 36.8 Å². The lowest BCUT2D eigenvalue weighted by atomic mass is 9.83. The van der Waals surface area contributed by atoms with Crippen LogP contribution in [-0.4, -0.2) is 32.6 Å². The molecule has 0 N–H and O–H groups in total. The molecule has 8 heteroatoms. The van der Waals surface area contributed by atoms with Crippen molar-refractivity contribution in [3.8, 4) is 0 Å². The van der Waals surface area contributed by atoms with Crippen molar-refractivity contribution >= 4 is 16.3 Å². The molecule has 0 saturated heterocycles. The van der Waals surface area contributed by atoms with E-state index in [9.17, 15) is 26.4 Å². The van der Waals surface area contributed by atoms with Crippen molar-refractivity contribution in [1.29, 1.82) is 0 Å². The molecule has 0 bridgehead atoms. The van der Waals surface area contributed by atoms with Crippen LogP contribution < -0.4 is 0 Å². The number of nitrogens with zero attached hydrogens (tertiary/aromatic N) is 1. The van der Waals surface area contributed by atoms with Gasteiger partial charge in [-0.1, -0.05) is 0 Å². The number of aldehydes is 1. The summed E-state index contributed by atoms with van der Waals surface area (Å²) in [5, 5.41) is 0. The van der Waals surface area contributed by atoms with E-state index in [0.29, 0.717) is 6.54 Å². The van der Waals surface area contributed by atoms with Crippen molar-refractivity contribution in [3.63, 3.8) is 0 Å². The molecule has 0 amide bonds. The van der Waals surface area contributed by atoms with Gasteiger partial charge in [-0.15, -0.1) is 0 Å². The van der Waals surface area contributed by atoms with E-state index < -0.39 is 21.8 Å². The first-order valence-corrected chi connectivity index (χ1v) is 9.17. The third kappa shape index (κ3) is 4.36. The van der Waals surface area contributed by atoms with Gasteiger partial charge in [-0.3, -0.25) is 0 Å². The second kappa shape index (κ2) is 7.23. The van der Waals surface area contributed by atoms with Crippen LogP contribution in [0.1, 0.15) is 31.2 Å².